The molecule has 0 bridgehead atoms. The number of anilines is 5. The molecule has 5 fully saturated rings. The molecule has 2 aromatic carbocycles. The molecule has 0 aliphatic carbocycles. The summed E-state index contributed by atoms with van der Waals surface area (Å²) in [5.41, 5.74) is 3.40. The molecule has 5 saturated heterocycles. The molecule has 1 unspecified atom stereocenters. The molecular formula is C40H46FN11O5. The third kappa shape index (κ3) is 7.08. The van der Waals surface area contributed by atoms with Gasteiger partial charge in [0.1, 0.15) is 6.04 Å². The van der Waals surface area contributed by atoms with Gasteiger partial charge in [0, 0.05) is 108 Å². The van der Waals surface area contributed by atoms with E-state index in [1.54, 1.807) is 17.0 Å². The molecule has 57 heavy (non-hydrogen) atoms. The van der Waals surface area contributed by atoms with Crippen molar-refractivity contribution in [3.63, 3.8) is 0 Å². The van der Waals surface area contributed by atoms with E-state index in [1.807, 2.05) is 35.0 Å². The number of fused-ring (bicyclic) bond motifs is 1. The first-order chi connectivity index (χ1) is 27.6. The molecule has 0 saturated carbocycles. The van der Waals surface area contributed by atoms with E-state index in [1.165, 1.54) is 6.20 Å². The van der Waals surface area contributed by atoms with Gasteiger partial charge >= 0.3 is 6.03 Å². The monoisotopic (exact) mass is 779 g/mol. The van der Waals surface area contributed by atoms with Crippen LogP contribution in [-0.2, 0) is 9.59 Å². The Balaban J connectivity index is 0.741. The van der Waals surface area contributed by atoms with Crippen molar-refractivity contribution in [1.82, 2.24) is 34.9 Å². The summed E-state index contributed by atoms with van der Waals surface area (Å²) in [5, 5.41) is 5.47. The number of hydrogen-bond donors (Lipinski definition) is 2. The second-order valence-electron chi connectivity index (χ2n) is 15.9. The topological polar surface area (TPSA) is 158 Å². The first-order valence-electron chi connectivity index (χ1n) is 19.8. The summed E-state index contributed by atoms with van der Waals surface area (Å²) in [6.45, 7) is 8.94. The van der Waals surface area contributed by atoms with Gasteiger partial charge in [-0.1, -0.05) is 0 Å². The van der Waals surface area contributed by atoms with Crippen molar-refractivity contribution in [2.24, 2.45) is 5.92 Å². The number of halogens is 1. The maximum Gasteiger partial charge on any atom is 0.320 e. The Hall–Kier alpha value is -5.84. The van der Waals surface area contributed by atoms with Crippen molar-refractivity contribution in [3.8, 4) is 0 Å². The smallest absolute Gasteiger partial charge is 0.320 e. The number of carbonyl (C=O) groups excluding carboxylic acids is 5. The highest BCUT2D eigenvalue weighted by Gasteiger charge is 2.45. The Morgan fingerprint density at radius 2 is 1.56 bits per heavy atom. The quantitative estimate of drug-likeness (QED) is 0.306. The Morgan fingerprint density at radius 3 is 2.30 bits per heavy atom. The van der Waals surface area contributed by atoms with Gasteiger partial charge in [-0.2, -0.15) is 4.98 Å². The molecule has 0 radical (unpaired) electrons. The summed E-state index contributed by atoms with van der Waals surface area (Å²) < 4.78 is 15.0. The predicted octanol–water partition coefficient (Wildman–Crippen LogP) is 2.36. The third-order valence-electron chi connectivity index (χ3n) is 12.2. The second kappa shape index (κ2) is 14.9. The summed E-state index contributed by atoms with van der Waals surface area (Å²) in [7, 11) is 1.81. The van der Waals surface area contributed by atoms with Crippen molar-refractivity contribution < 1.29 is 28.4 Å². The van der Waals surface area contributed by atoms with Crippen LogP contribution in [0.1, 0.15) is 46.4 Å². The zero-order chi connectivity index (χ0) is 39.4. The van der Waals surface area contributed by atoms with Crippen LogP contribution in [0, 0.1) is 11.7 Å². The first-order valence-corrected chi connectivity index (χ1v) is 19.8. The molecule has 16 nitrogen and oxygen atoms in total. The maximum absolute atomic E-state index is 15.0. The highest BCUT2D eigenvalue weighted by atomic mass is 19.1. The number of imide groups is 2. The number of likely N-dealkylation sites (N-methyl/N-ethyl adjacent to an activating group) is 1. The lowest BCUT2D eigenvalue weighted by Crippen LogP contribution is -2.55. The molecule has 6 aliphatic heterocycles. The minimum absolute atomic E-state index is 0.0224. The number of aromatic nitrogens is 2. The highest BCUT2D eigenvalue weighted by Crippen LogP contribution is 2.34. The Kier molecular flexibility index (Phi) is 9.62. The normalized spacial score (nSPS) is 23.4. The third-order valence-corrected chi connectivity index (χ3v) is 12.2. The number of carbonyl (C=O) groups is 5. The lowest BCUT2D eigenvalue weighted by atomic mass is 9.97. The van der Waals surface area contributed by atoms with Gasteiger partial charge in [0.15, 0.2) is 11.6 Å². The number of benzene rings is 2. The number of rotatable bonds is 9. The summed E-state index contributed by atoms with van der Waals surface area (Å²) in [4.78, 5) is 85.3. The molecule has 6 aliphatic rings. The van der Waals surface area contributed by atoms with E-state index in [2.05, 4.69) is 47.4 Å². The van der Waals surface area contributed by atoms with E-state index in [-0.39, 0.29) is 30.7 Å². The number of amides is 6. The van der Waals surface area contributed by atoms with Gasteiger partial charge in [-0.05, 0) is 61.7 Å². The van der Waals surface area contributed by atoms with E-state index < -0.39 is 35.5 Å². The minimum Gasteiger partial charge on any atom is -0.371 e. The molecule has 298 valence electrons. The number of nitrogens with one attached hydrogen (secondary N) is 2. The van der Waals surface area contributed by atoms with Crippen molar-refractivity contribution >= 4 is 58.5 Å². The highest BCUT2D eigenvalue weighted by molar-refractivity contribution is 6.23. The van der Waals surface area contributed by atoms with Crippen LogP contribution in [0.5, 0.6) is 0 Å². The molecular weight excluding hydrogens is 734 g/mol. The molecule has 7 heterocycles. The average molecular weight is 780 g/mol. The summed E-state index contributed by atoms with van der Waals surface area (Å²) >= 11 is 0. The van der Waals surface area contributed by atoms with Crippen molar-refractivity contribution in [2.45, 2.75) is 37.8 Å². The van der Waals surface area contributed by atoms with Crippen molar-refractivity contribution in [1.29, 1.82) is 0 Å². The van der Waals surface area contributed by atoms with Crippen molar-refractivity contribution in [2.75, 3.05) is 99.1 Å². The molecule has 3 aromatic rings. The van der Waals surface area contributed by atoms with E-state index in [0.717, 1.165) is 80.6 Å². The summed E-state index contributed by atoms with van der Waals surface area (Å²) in [6.07, 6.45) is 3.16. The lowest BCUT2D eigenvalue weighted by Gasteiger charge is -2.45. The van der Waals surface area contributed by atoms with Crippen LogP contribution in [0.3, 0.4) is 0 Å². The molecule has 17 heteroatoms. The average Bonchev–Trinajstić information content (AvgIpc) is 3.67. The van der Waals surface area contributed by atoms with E-state index in [4.69, 9.17) is 0 Å². The largest absolute Gasteiger partial charge is 0.371 e. The minimum atomic E-state index is -0.974. The molecule has 1 aromatic heterocycles. The van der Waals surface area contributed by atoms with Crippen LogP contribution >= 0.6 is 0 Å². The number of hydrogen-bond acceptors (Lipinski definition) is 12. The fourth-order valence-corrected chi connectivity index (χ4v) is 9.04. The number of piperazine rings is 1. The standard InChI is InChI=1S/C40H46FN11O5/c1-46-13-18-51(40(46)57)29-3-2-12-49(24-29)35-32(41)20-42-39(45-35)43-26-4-6-27(7-5-26)48-16-14-47(15-17-48)21-25-22-50(23-25)28-8-9-30-31(19-28)38(56)52(37(30)55)33-10-11-34(53)44-36(33)54/h4-9,19-20,25,29,33H,2-3,10-18,21-24H2,1H3,(H,42,43,45)(H,44,53,54)/t29-,33?/m1/s1. The predicted molar refractivity (Wildman–Crippen MR) is 209 cm³/mol. The Bertz CT molecular complexity index is 2110. The second-order valence-corrected chi connectivity index (χ2v) is 15.9. The van der Waals surface area contributed by atoms with Crippen LogP contribution in [0.15, 0.2) is 48.7 Å². The van der Waals surface area contributed by atoms with Crippen LogP contribution in [0.2, 0.25) is 0 Å². The fourth-order valence-electron chi connectivity index (χ4n) is 9.04. The number of nitrogens with zero attached hydrogens (tertiary/aromatic N) is 9. The number of urea groups is 1. The van der Waals surface area contributed by atoms with Gasteiger partial charge in [0.25, 0.3) is 11.8 Å². The van der Waals surface area contributed by atoms with Gasteiger partial charge in [0.2, 0.25) is 17.8 Å². The Morgan fingerprint density at radius 1 is 0.807 bits per heavy atom. The molecule has 6 amide bonds. The SMILES string of the molecule is CN1CCN([C@@H]2CCCN(c3nc(Nc4ccc(N5CCN(CC6CN(c7ccc8c(c7)C(=O)N(C7CCC(=O)NC7=O)C8=O)C6)CC5)cc4)ncc3F)C2)C1=O. The molecule has 2 atom stereocenters. The maximum atomic E-state index is 15.0. The molecule has 9 rings (SSSR count). The molecule has 2 N–H and O–H groups in total. The van der Waals surface area contributed by atoms with Crippen LogP contribution in [0.25, 0.3) is 0 Å². The zero-order valence-corrected chi connectivity index (χ0v) is 31.9. The van der Waals surface area contributed by atoms with Gasteiger partial charge < -0.3 is 29.8 Å². The van der Waals surface area contributed by atoms with Gasteiger partial charge in [0.05, 0.1) is 23.4 Å². The zero-order valence-electron chi connectivity index (χ0n) is 31.9. The summed E-state index contributed by atoms with van der Waals surface area (Å²) in [6, 6.07) is 12.5. The van der Waals surface area contributed by atoms with Crippen LogP contribution in [0.4, 0.5) is 38.0 Å². The van der Waals surface area contributed by atoms with E-state index >= 15 is 4.39 Å². The lowest BCUT2D eigenvalue weighted by molar-refractivity contribution is -0.136. The van der Waals surface area contributed by atoms with E-state index in [9.17, 15) is 24.0 Å². The number of piperidine rings is 2. The van der Waals surface area contributed by atoms with E-state index in [0.29, 0.717) is 49.2 Å². The van der Waals surface area contributed by atoms with Crippen LogP contribution in [-0.4, -0.2) is 150 Å². The molecule has 0 spiro atoms. The van der Waals surface area contributed by atoms with Gasteiger partial charge in [-0.25, -0.2) is 14.2 Å². The Labute approximate surface area is 329 Å². The first kappa shape index (κ1) is 36.8. The van der Waals surface area contributed by atoms with Crippen molar-refractivity contribution in [3.05, 3.63) is 65.6 Å². The van der Waals surface area contributed by atoms with Gasteiger partial charge in [-0.3, -0.25) is 34.3 Å². The summed E-state index contributed by atoms with van der Waals surface area (Å²) in [5.74, 6) is -1.42. The van der Waals surface area contributed by atoms with Gasteiger partial charge in [-0.15, -0.1) is 0 Å². The fraction of sp³-hybridized carbons (Fsp3) is 0.475. The van der Waals surface area contributed by atoms with Crippen LogP contribution < -0.4 is 25.3 Å².